The third-order valence-electron chi connectivity index (χ3n) is 14.6. The molecule has 61 heavy (non-hydrogen) atoms. The smallest absolute Gasteiger partial charge is 0.145 e. The lowest BCUT2D eigenvalue weighted by molar-refractivity contribution is -0.194. The molecule has 0 aromatic heterocycles. The number of hydrogen-bond donors (Lipinski definition) is 8. The molecule has 3 aliphatic carbocycles. The minimum absolute atomic E-state index is 0.0121. The number of methoxy groups -OCH3 is 1. The van der Waals surface area contributed by atoms with Crippen molar-refractivity contribution < 1.29 is 44.9 Å². The van der Waals surface area contributed by atoms with Gasteiger partial charge in [0.1, 0.15) is 19.3 Å². The van der Waals surface area contributed by atoms with Gasteiger partial charge in [0.15, 0.2) is 0 Å². The molecule has 10 atom stereocenters. The first-order valence-corrected chi connectivity index (χ1v) is 22.4. The number of carbonyl (C=O) groups is 1. The first-order chi connectivity index (χ1) is 29.4. The average molecular weight is 847 g/mol. The minimum atomic E-state index is -1.26. The SMILES string of the molecule is C=C(C=CC=C(COCO)C1CCC2(C1O)C1C(=C(C)C=O)C(C=CC1CCO)CC2(O)CCNC)C1CC=C(C)C(O)NC(CCCO)(CCOC)Cc2cccc(c2)C1. The van der Waals surface area contributed by atoms with E-state index in [1.807, 2.05) is 39.1 Å². The van der Waals surface area contributed by atoms with E-state index < -0.39 is 41.6 Å². The molecular formula is C50H74N2O9. The molecule has 1 aromatic carbocycles. The molecule has 1 aromatic rings. The molecule has 4 bridgehead atoms. The Kier molecular flexibility index (Phi) is 18.1. The number of rotatable bonds is 19. The van der Waals surface area contributed by atoms with Crippen molar-refractivity contribution in [2.75, 3.05) is 53.9 Å². The lowest BCUT2D eigenvalue weighted by Crippen LogP contribution is -2.65. The van der Waals surface area contributed by atoms with Crippen molar-refractivity contribution in [3.63, 3.8) is 0 Å². The predicted octanol–water partition coefficient (Wildman–Crippen LogP) is 5.02. The number of carbonyl (C=O) groups excluding carboxylic acids is 1. The van der Waals surface area contributed by atoms with Crippen molar-refractivity contribution in [1.29, 1.82) is 0 Å². The van der Waals surface area contributed by atoms with Crippen LogP contribution in [-0.2, 0) is 27.1 Å². The summed E-state index contributed by atoms with van der Waals surface area (Å²) in [4.78, 5) is 12.4. The van der Waals surface area contributed by atoms with Gasteiger partial charge in [-0.25, -0.2) is 0 Å². The highest BCUT2D eigenvalue weighted by Crippen LogP contribution is 2.67. The van der Waals surface area contributed by atoms with Gasteiger partial charge in [0.05, 0.1) is 18.3 Å². The summed E-state index contributed by atoms with van der Waals surface area (Å²) in [5.41, 5.74) is 3.65. The van der Waals surface area contributed by atoms with E-state index in [-0.39, 0.29) is 43.5 Å². The Morgan fingerprint density at radius 2 is 1.89 bits per heavy atom. The fraction of sp³-hybridized carbons (Fsp3) is 0.620. The molecule has 338 valence electrons. The van der Waals surface area contributed by atoms with Crippen LogP contribution < -0.4 is 10.6 Å². The summed E-state index contributed by atoms with van der Waals surface area (Å²) in [5, 5.41) is 73.7. The van der Waals surface area contributed by atoms with E-state index >= 15 is 0 Å². The van der Waals surface area contributed by atoms with Crippen LogP contribution in [0.1, 0.15) is 82.8 Å². The van der Waals surface area contributed by atoms with Crippen molar-refractivity contribution in [2.45, 2.75) is 108 Å². The molecule has 2 saturated carbocycles. The van der Waals surface area contributed by atoms with Crippen LogP contribution in [0.4, 0.5) is 0 Å². The second-order valence-electron chi connectivity index (χ2n) is 18.3. The van der Waals surface area contributed by atoms with E-state index in [0.717, 1.165) is 40.6 Å². The van der Waals surface area contributed by atoms with E-state index in [0.29, 0.717) is 82.9 Å². The highest BCUT2D eigenvalue weighted by Gasteiger charge is 2.68. The van der Waals surface area contributed by atoms with E-state index in [1.165, 1.54) is 5.56 Å². The Morgan fingerprint density at radius 3 is 2.59 bits per heavy atom. The third-order valence-corrected chi connectivity index (χ3v) is 14.6. The number of fused-ring (bicyclic) bond motifs is 5. The maximum absolute atomic E-state index is 12.9. The topological polar surface area (TPSA) is 181 Å². The van der Waals surface area contributed by atoms with Crippen molar-refractivity contribution in [3.8, 4) is 0 Å². The molecule has 10 unspecified atom stereocenters. The fourth-order valence-corrected chi connectivity index (χ4v) is 11.4. The van der Waals surface area contributed by atoms with Crippen molar-refractivity contribution in [2.24, 2.45) is 35.0 Å². The zero-order valence-corrected chi connectivity index (χ0v) is 37.0. The lowest BCUT2D eigenvalue weighted by atomic mass is 9.45. The number of allylic oxidation sites excluding steroid dienone is 9. The van der Waals surface area contributed by atoms with Gasteiger partial charge in [0.25, 0.3) is 0 Å². The minimum Gasteiger partial charge on any atom is -0.396 e. The lowest BCUT2D eigenvalue weighted by Gasteiger charge is -2.61. The zero-order valence-electron chi connectivity index (χ0n) is 37.0. The van der Waals surface area contributed by atoms with Gasteiger partial charge in [-0.15, -0.1) is 0 Å². The molecule has 2 fully saturated rings. The summed E-state index contributed by atoms with van der Waals surface area (Å²) in [6, 6.07) is 8.56. The second kappa shape index (κ2) is 22.5. The van der Waals surface area contributed by atoms with Crippen LogP contribution in [-0.4, -0.2) is 114 Å². The van der Waals surface area contributed by atoms with Gasteiger partial charge in [0, 0.05) is 49.7 Å². The molecule has 4 aliphatic rings. The van der Waals surface area contributed by atoms with Crippen LogP contribution in [0.2, 0.25) is 0 Å². The molecule has 11 heteroatoms. The number of aliphatic hydroxyl groups is 6. The van der Waals surface area contributed by atoms with Crippen LogP contribution in [0.5, 0.6) is 0 Å². The molecule has 0 amide bonds. The molecule has 11 nitrogen and oxygen atoms in total. The average Bonchev–Trinajstić information content (AvgIpc) is 3.60. The number of hydrogen-bond acceptors (Lipinski definition) is 11. The van der Waals surface area contributed by atoms with Crippen LogP contribution in [0.15, 0.2) is 95.2 Å². The first kappa shape index (κ1) is 49.0. The molecular weight excluding hydrogens is 773 g/mol. The standard InChI is InChI=1S/C50H74N2O9/c1-34(40-14-13-35(2)47(58)52-48(19-8-24-53,22-26-60-5)29-38-11-7-10-37(27-38)28-40)9-6-12-42(32-61-33-56)43-17-20-50(46(43)57)45-39(18-25-54)15-16-41(44(45)36(3)31-55)30-49(50,59)21-23-51-4/h6-7,9-13,15-16,27,31,39-41,43,45-47,51-54,56-59H,1,8,14,17-26,28-30,32-33H2,2-5H3. The van der Waals surface area contributed by atoms with Gasteiger partial charge in [-0.2, -0.15) is 0 Å². The summed E-state index contributed by atoms with van der Waals surface area (Å²) in [5.74, 6) is -1.06. The van der Waals surface area contributed by atoms with Crippen molar-refractivity contribution in [3.05, 3.63) is 106 Å². The molecule has 1 aliphatic heterocycles. The number of benzene rings is 1. The van der Waals surface area contributed by atoms with E-state index in [9.17, 15) is 35.4 Å². The number of nitrogens with one attached hydrogen (secondary N) is 2. The van der Waals surface area contributed by atoms with Gasteiger partial charge in [-0.3, -0.25) is 10.1 Å². The molecule has 0 radical (unpaired) electrons. The predicted molar refractivity (Wildman–Crippen MR) is 239 cm³/mol. The van der Waals surface area contributed by atoms with Crippen LogP contribution >= 0.6 is 0 Å². The van der Waals surface area contributed by atoms with Gasteiger partial charge in [0.2, 0.25) is 0 Å². The Hall–Kier alpha value is -3.07. The molecule has 0 saturated heterocycles. The largest absolute Gasteiger partial charge is 0.396 e. The summed E-state index contributed by atoms with van der Waals surface area (Å²) in [6.07, 6.45) is 17.5. The van der Waals surface area contributed by atoms with Gasteiger partial charge < -0.3 is 45.4 Å². The highest BCUT2D eigenvalue weighted by molar-refractivity contribution is 5.74. The molecule has 8 N–H and O–H groups in total. The van der Waals surface area contributed by atoms with Crippen LogP contribution in [0.3, 0.4) is 0 Å². The van der Waals surface area contributed by atoms with Gasteiger partial charge in [-0.05, 0) is 144 Å². The van der Waals surface area contributed by atoms with Crippen molar-refractivity contribution >= 4 is 6.29 Å². The summed E-state index contributed by atoms with van der Waals surface area (Å²) < 4.78 is 11.1. The third kappa shape index (κ3) is 11.0. The van der Waals surface area contributed by atoms with E-state index in [4.69, 9.17) is 9.47 Å². The normalized spacial score (nSPS) is 34.0. The fourth-order valence-electron chi connectivity index (χ4n) is 11.4. The van der Waals surface area contributed by atoms with Gasteiger partial charge in [-0.1, -0.05) is 78.4 Å². The molecule has 1 spiro atoms. The zero-order chi connectivity index (χ0) is 44.2. The maximum atomic E-state index is 12.9. The molecule has 1 heterocycles. The van der Waals surface area contributed by atoms with E-state index in [2.05, 4.69) is 59.7 Å². The summed E-state index contributed by atoms with van der Waals surface area (Å²) in [7, 11) is 3.53. The summed E-state index contributed by atoms with van der Waals surface area (Å²) >= 11 is 0. The number of ether oxygens (including phenoxy) is 2. The Labute approximate surface area is 364 Å². The van der Waals surface area contributed by atoms with Crippen LogP contribution in [0, 0.1) is 35.0 Å². The van der Waals surface area contributed by atoms with E-state index in [1.54, 1.807) is 7.11 Å². The quantitative estimate of drug-likeness (QED) is 0.0308. The second-order valence-corrected chi connectivity index (χ2v) is 18.3. The van der Waals surface area contributed by atoms with Gasteiger partial charge >= 0.3 is 0 Å². The molecule has 5 rings (SSSR count). The Morgan fingerprint density at radius 1 is 1.10 bits per heavy atom. The summed E-state index contributed by atoms with van der Waals surface area (Å²) in [6.45, 7) is 8.94. The van der Waals surface area contributed by atoms with Crippen molar-refractivity contribution in [1.82, 2.24) is 10.6 Å². The highest BCUT2D eigenvalue weighted by atomic mass is 16.6. The number of aldehydes is 1. The Bertz CT molecular complexity index is 1780. The van der Waals surface area contributed by atoms with Crippen LogP contribution in [0.25, 0.3) is 0 Å². The first-order valence-electron chi connectivity index (χ1n) is 22.4. The maximum Gasteiger partial charge on any atom is 0.145 e. The monoisotopic (exact) mass is 847 g/mol. The number of aliphatic hydroxyl groups excluding tert-OH is 5. The Balaban J connectivity index is 1.47.